The van der Waals surface area contributed by atoms with Gasteiger partial charge in [-0.1, -0.05) is 12.1 Å². The number of benzene rings is 1. The maximum Gasteiger partial charge on any atom is 0.0991 e. The lowest BCUT2D eigenvalue weighted by Gasteiger charge is -2.41. The first-order valence-corrected chi connectivity index (χ1v) is 6.75. The van der Waals surface area contributed by atoms with Crippen LogP contribution in [0.5, 0.6) is 0 Å². The average molecular weight is 257 g/mol. The van der Waals surface area contributed by atoms with Crippen LogP contribution in [0.25, 0.3) is 5.69 Å². The minimum absolute atomic E-state index is 0.0248. The molecule has 2 aromatic rings. The highest BCUT2D eigenvalue weighted by atomic mass is 16.3. The Balaban J connectivity index is 1.63. The summed E-state index contributed by atoms with van der Waals surface area (Å²) in [4.78, 5) is 4.04. The van der Waals surface area contributed by atoms with Crippen LogP contribution in [0, 0.1) is 0 Å². The van der Waals surface area contributed by atoms with E-state index in [0.29, 0.717) is 0 Å². The summed E-state index contributed by atoms with van der Waals surface area (Å²) >= 11 is 0. The monoisotopic (exact) mass is 257 g/mol. The Kier molecular flexibility index (Phi) is 3.36. The lowest BCUT2D eigenvalue weighted by atomic mass is 9.77. The Morgan fingerprint density at radius 2 is 2.05 bits per heavy atom. The fraction of sp³-hybridized carbons (Fsp3) is 0.400. The standard InChI is InChI=1S/C15H19N3O/c19-11-15(6-1-7-15)17-10-13-2-4-14(5-3-13)18-9-8-16-12-18/h2-5,8-9,12,17,19H,1,6-7,10-11H2. The van der Waals surface area contributed by atoms with Crippen LogP contribution in [0.15, 0.2) is 43.0 Å². The molecule has 1 aliphatic rings. The Morgan fingerprint density at radius 1 is 1.26 bits per heavy atom. The van der Waals surface area contributed by atoms with Crippen LogP contribution in [0.3, 0.4) is 0 Å². The van der Waals surface area contributed by atoms with Crippen molar-refractivity contribution in [1.82, 2.24) is 14.9 Å². The normalized spacial score (nSPS) is 17.1. The summed E-state index contributed by atoms with van der Waals surface area (Å²) in [7, 11) is 0. The number of imidazole rings is 1. The quantitative estimate of drug-likeness (QED) is 0.860. The molecule has 0 aliphatic heterocycles. The molecule has 0 radical (unpaired) electrons. The van der Waals surface area contributed by atoms with Crippen LogP contribution >= 0.6 is 0 Å². The fourth-order valence-electron chi connectivity index (χ4n) is 2.48. The maximum absolute atomic E-state index is 9.41. The van der Waals surface area contributed by atoms with E-state index in [0.717, 1.165) is 25.1 Å². The van der Waals surface area contributed by atoms with Crippen LogP contribution in [0.4, 0.5) is 0 Å². The zero-order valence-electron chi connectivity index (χ0n) is 10.9. The van der Waals surface area contributed by atoms with Gasteiger partial charge in [-0.3, -0.25) is 0 Å². The van der Waals surface area contributed by atoms with Crippen molar-refractivity contribution in [3.05, 3.63) is 48.5 Å². The van der Waals surface area contributed by atoms with Crippen molar-refractivity contribution >= 4 is 0 Å². The number of nitrogens with one attached hydrogen (secondary N) is 1. The third kappa shape index (κ3) is 2.55. The number of aliphatic hydroxyl groups excluding tert-OH is 1. The summed E-state index contributed by atoms with van der Waals surface area (Å²) in [6.45, 7) is 1.05. The Bertz CT molecular complexity index is 509. The van der Waals surface area contributed by atoms with Crippen molar-refractivity contribution in [2.24, 2.45) is 0 Å². The molecule has 1 fully saturated rings. The van der Waals surface area contributed by atoms with Gasteiger partial charge in [0.1, 0.15) is 0 Å². The van der Waals surface area contributed by atoms with Gasteiger partial charge in [0.05, 0.1) is 12.9 Å². The highest BCUT2D eigenvalue weighted by molar-refractivity contribution is 5.34. The fourth-order valence-corrected chi connectivity index (χ4v) is 2.48. The molecule has 3 rings (SSSR count). The number of aliphatic hydroxyl groups is 1. The molecule has 0 atom stereocenters. The van der Waals surface area contributed by atoms with Gasteiger partial charge in [-0.15, -0.1) is 0 Å². The topological polar surface area (TPSA) is 50.1 Å². The Labute approximate surface area is 113 Å². The van der Waals surface area contributed by atoms with Gasteiger partial charge in [0.25, 0.3) is 0 Å². The summed E-state index contributed by atoms with van der Waals surface area (Å²) in [5.74, 6) is 0. The van der Waals surface area contributed by atoms with Crippen LogP contribution in [0.1, 0.15) is 24.8 Å². The molecule has 4 heteroatoms. The predicted octanol–water partition coefficient (Wildman–Crippen LogP) is 1.88. The second-order valence-corrected chi connectivity index (χ2v) is 5.28. The molecule has 0 bridgehead atoms. The zero-order chi connectivity index (χ0) is 13.1. The summed E-state index contributed by atoms with van der Waals surface area (Å²) < 4.78 is 1.98. The highest BCUT2D eigenvalue weighted by Crippen LogP contribution is 2.31. The van der Waals surface area contributed by atoms with E-state index in [1.807, 2.05) is 10.8 Å². The largest absolute Gasteiger partial charge is 0.394 e. The van der Waals surface area contributed by atoms with Gasteiger partial charge in [-0.05, 0) is 37.0 Å². The van der Waals surface area contributed by atoms with E-state index >= 15 is 0 Å². The zero-order valence-corrected chi connectivity index (χ0v) is 10.9. The molecule has 1 aliphatic carbocycles. The molecule has 0 unspecified atom stereocenters. The molecule has 19 heavy (non-hydrogen) atoms. The van der Waals surface area contributed by atoms with Crippen LogP contribution in [0.2, 0.25) is 0 Å². The van der Waals surface area contributed by atoms with Gasteiger partial charge in [0.2, 0.25) is 0 Å². The van der Waals surface area contributed by atoms with Crippen LogP contribution in [-0.4, -0.2) is 26.8 Å². The Morgan fingerprint density at radius 3 is 2.58 bits per heavy atom. The van der Waals surface area contributed by atoms with E-state index in [4.69, 9.17) is 0 Å². The summed E-state index contributed by atoms with van der Waals surface area (Å²) in [5.41, 5.74) is 2.33. The number of aromatic nitrogens is 2. The minimum Gasteiger partial charge on any atom is -0.394 e. The first-order valence-electron chi connectivity index (χ1n) is 6.75. The van der Waals surface area contributed by atoms with Crippen LogP contribution in [-0.2, 0) is 6.54 Å². The Hall–Kier alpha value is -1.65. The molecule has 4 nitrogen and oxygen atoms in total. The van der Waals surface area contributed by atoms with Gasteiger partial charge in [0, 0.05) is 30.2 Å². The highest BCUT2D eigenvalue weighted by Gasteiger charge is 2.35. The lowest BCUT2D eigenvalue weighted by molar-refractivity contribution is 0.0872. The smallest absolute Gasteiger partial charge is 0.0991 e. The van der Waals surface area contributed by atoms with Crippen molar-refractivity contribution in [3.63, 3.8) is 0 Å². The van der Waals surface area contributed by atoms with Crippen LogP contribution < -0.4 is 5.32 Å². The number of nitrogens with zero attached hydrogens (tertiary/aromatic N) is 2. The number of hydrogen-bond acceptors (Lipinski definition) is 3. The summed E-state index contributed by atoms with van der Waals surface area (Å²) in [6, 6.07) is 8.41. The molecule has 0 saturated heterocycles. The number of rotatable bonds is 5. The summed E-state index contributed by atoms with van der Waals surface area (Å²) in [6.07, 6.45) is 8.88. The minimum atomic E-state index is -0.0248. The van der Waals surface area contributed by atoms with E-state index < -0.39 is 0 Å². The summed E-state index contributed by atoms with van der Waals surface area (Å²) in [5, 5.41) is 12.9. The molecule has 2 N–H and O–H groups in total. The SMILES string of the molecule is OCC1(NCc2ccc(-n3ccnc3)cc2)CCC1. The molecule has 1 heterocycles. The molecular formula is C15H19N3O. The maximum atomic E-state index is 9.41. The average Bonchev–Trinajstić information content (AvgIpc) is 2.93. The second-order valence-electron chi connectivity index (χ2n) is 5.28. The molecule has 1 aromatic carbocycles. The van der Waals surface area contributed by atoms with Gasteiger partial charge in [0.15, 0.2) is 0 Å². The van der Waals surface area contributed by atoms with E-state index in [1.54, 1.807) is 12.5 Å². The third-order valence-electron chi connectivity index (χ3n) is 4.02. The molecule has 1 aromatic heterocycles. The van der Waals surface area contributed by atoms with Crippen molar-refractivity contribution < 1.29 is 5.11 Å². The predicted molar refractivity (Wildman–Crippen MR) is 74.1 cm³/mol. The van der Waals surface area contributed by atoms with Crippen molar-refractivity contribution in [1.29, 1.82) is 0 Å². The van der Waals surface area contributed by atoms with Crippen molar-refractivity contribution in [2.45, 2.75) is 31.3 Å². The first kappa shape index (κ1) is 12.4. The van der Waals surface area contributed by atoms with E-state index in [9.17, 15) is 5.11 Å². The van der Waals surface area contributed by atoms with Crippen molar-refractivity contribution in [3.8, 4) is 5.69 Å². The second kappa shape index (κ2) is 5.15. The van der Waals surface area contributed by atoms with Crippen molar-refractivity contribution in [2.75, 3.05) is 6.61 Å². The van der Waals surface area contributed by atoms with E-state index in [-0.39, 0.29) is 12.1 Å². The first-order chi connectivity index (χ1) is 9.31. The van der Waals surface area contributed by atoms with Gasteiger partial charge >= 0.3 is 0 Å². The molecule has 0 spiro atoms. The molecular weight excluding hydrogens is 238 g/mol. The number of hydrogen-bond donors (Lipinski definition) is 2. The van der Waals surface area contributed by atoms with E-state index in [1.165, 1.54) is 12.0 Å². The molecule has 100 valence electrons. The lowest BCUT2D eigenvalue weighted by Crippen LogP contribution is -2.53. The van der Waals surface area contributed by atoms with Gasteiger partial charge < -0.3 is 15.0 Å². The van der Waals surface area contributed by atoms with E-state index in [2.05, 4.69) is 34.6 Å². The molecule has 1 saturated carbocycles. The molecule has 0 amide bonds. The third-order valence-corrected chi connectivity index (χ3v) is 4.02. The van der Waals surface area contributed by atoms with Gasteiger partial charge in [-0.2, -0.15) is 0 Å². The van der Waals surface area contributed by atoms with Gasteiger partial charge in [-0.25, -0.2) is 4.98 Å².